The van der Waals surface area contributed by atoms with Gasteiger partial charge in [-0.3, -0.25) is 4.68 Å². The van der Waals surface area contributed by atoms with Crippen LogP contribution in [-0.4, -0.2) is 33.4 Å². The molecule has 0 saturated carbocycles. The van der Waals surface area contributed by atoms with Gasteiger partial charge in [0.05, 0.1) is 13.3 Å². The molecule has 0 aliphatic heterocycles. The molecule has 20 heavy (non-hydrogen) atoms. The zero-order chi connectivity index (χ0) is 14.5. The van der Waals surface area contributed by atoms with Gasteiger partial charge in [-0.15, -0.1) is 0 Å². The molecule has 1 atom stereocenters. The summed E-state index contributed by atoms with van der Waals surface area (Å²) in [6.45, 7) is 7.66. The average molecular weight is 275 g/mol. The van der Waals surface area contributed by atoms with Crippen LogP contribution in [0.15, 0.2) is 18.6 Å². The highest BCUT2D eigenvalue weighted by molar-refractivity contribution is 5.32. The van der Waals surface area contributed by atoms with Crippen LogP contribution in [0.25, 0.3) is 0 Å². The summed E-state index contributed by atoms with van der Waals surface area (Å²) < 4.78 is 7.33. The molecule has 0 amide bonds. The average Bonchev–Trinajstić information content (AvgIpc) is 2.88. The van der Waals surface area contributed by atoms with E-state index in [-0.39, 0.29) is 6.04 Å². The van der Waals surface area contributed by atoms with Crippen molar-refractivity contribution in [3.63, 3.8) is 0 Å². The molecule has 0 spiro atoms. The van der Waals surface area contributed by atoms with E-state index in [9.17, 15) is 0 Å². The maximum absolute atomic E-state index is 5.42. The Hall–Kier alpha value is -1.95. The van der Waals surface area contributed by atoms with Gasteiger partial charge in [0.1, 0.15) is 11.7 Å². The molecule has 0 radical (unpaired) electrons. The summed E-state index contributed by atoms with van der Waals surface area (Å²) >= 11 is 0. The molecule has 6 heteroatoms. The highest BCUT2D eigenvalue weighted by Crippen LogP contribution is 2.28. The lowest BCUT2D eigenvalue weighted by Crippen LogP contribution is -2.27. The normalized spacial score (nSPS) is 12.4. The Morgan fingerprint density at radius 2 is 1.95 bits per heavy atom. The Bertz CT molecular complexity index is 528. The molecule has 1 unspecified atom stereocenters. The molecule has 0 aliphatic carbocycles. The summed E-state index contributed by atoms with van der Waals surface area (Å²) in [6.07, 6.45) is 5.38. The molecule has 108 valence electrons. The standard InChI is InChI=1S/C14H21N5O/c1-5-15-12(14-16-7-10(3)8-17-14)13-11(20-4)9-18-19(13)6-2/h7-9,12,15H,5-6H2,1-4H3. The molecule has 0 aliphatic rings. The zero-order valence-corrected chi connectivity index (χ0v) is 12.4. The van der Waals surface area contributed by atoms with E-state index in [1.807, 2.05) is 24.0 Å². The van der Waals surface area contributed by atoms with Crippen molar-refractivity contribution in [3.8, 4) is 5.75 Å². The van der Waals surface area contributed by atoms with Crippen LogP contribution in [-0.2, 0) is 6.54 Å². The van der Waals surface area contributed by atoms with Gasteiger partial charge in [0.15, 0.2) is 11.6 Å². The Labute approximate surface area is 119 Å². The lowest BCUT2D eigenvalue weighted by Gasteiger charge is -2.19. The predicted octanol–water partition coefficient (Wildman–Crippen LogP) is 1.71. The van der Waals surface area contributed by atoms with Crippen molar-refractivity contribution in [1.29, 1.82) is 0 Å². The van der Waals surface area contributed by atoms with Gasteiger partial charge in [0, 0.05) is 18.9 Å². The third kappa shape index (κ3) is 2.80. The minimum Gasteiger partial charge on any atom is -0.493 e. The van der Waals surface area contributed by atoms with Crippen LogP contribution in [0.5, 0.6) is 5.75 Å². The molecule has 2 aromatic rings. The lowest BCUT2D eigenvalue weighted by molar-refractivity contribution is 0.397. The molecule has 2 heterocycles. The second-order valence-electron chi connectivity index (χ2n) is 4.52. The number of hydrogen-bond acceptors (Lipinski definition) is 5. The smallest absolute Gasteiger partial charge is 0.162 e. The van der Waals surface area contributed by atoms with Gasteiger partial charge in [-0.2, -0.15) is 5.10 Å². The van der Waals surface area contributed by atoms with E-state index in [4.69, 9.17) is 4.74 Å². The number of nitrogens with zero attached hydrogens (tertiary/aromatic N) is 4. The maximum atomic E-state index is 5.42. The van der Waals surface area contributed by atoms with E-state index >= 15 is 0 Å². The highest BCUT2D eigenvalue weighted by Gasteiger charge is 2.24. The number of aromatic nitrogens is 4. The Balaban J connectivity index is 2.47. The molecule has 0 aromatic carbocycles. The Kier molecular flexibility index (Phi) is 4.68. The number of rotatable bonds is 6. The summed E-state index contributed by atoms with van der Waals surface area (Å²) in [7, 11) is 1.65. The Morgan fingerprint density at radius 1 is 1.25 bits per heavy atom. The largest absolute Gasteiger partial charge is 0.493 e. The SMILES string of the molecule is CCNC(c1ncc(C)cn1)c1c(OC)cnn1CC. The Morgan fingerprint density at radius 3 is 2.50 bits per heavy atom. The minimum atomic E-state index is -0.127. The van der Waals surface area contributed by atoms with Gasteiger partial charge in [-0.25, -0.2) is 9.97 Å². The van der Waals surface area contributed by atoms with E-state index in [2.05, 4.69) is 34.2 Å². The van der Waals surface area contributed by atoms with E-state index < -0.39 is 0 Å². The van der Waals surface area contributed by atoms with Crippen LogP contribution in [0, 0.1) is 6.92 Å². The van der Waals surface area contributed by atoms with Gasteiger partial charge in [-0.05, 0) is 26.0 Å². The summed E-state index contributed by atoms with van der Waals surface area (Å²) in [5.74, 6) is 1.48. The van der Waals surface area contributed by atoms with Crippen molar-refractivity contribution in [2.45, 2.75) is 33.4 Å². The van der Waals surface area contributed by atoms with Crippen molar-refractivity contribution in [3.05, 3.63) is 35.7 Å². The van der Waals surface area contributed by atoms with Crippen LogP contribution in [0.4, 0.5) is 0 Å². The zero-order valence-electron chi connectivity index (χ0n) is 12.4. The van der Waals surface area contributed by atoms with Crippen molar-refractivity contribution in [1.82, 2.24) is 25.1 Å². The summed E-state index contributed by atoms with van der Waals surface area (Å²) in [4.78, 5) is 8.87. The van der Waals surface area contributed by atoms with Crippen molar-refractivity contribution >= 4 is 0 Å². The van der Waals surface area contributed by atoms with Gasteiger partial charge in [-0.1, -0.05) is 6.92 Å². The van der Waals surface area contributed by atoms with Crippen molar-refractivity contribution < 1.29 is 4.74 Å². The van der Waals surface area contributed by atoms with E-state index in [0.29, 0.717) is 0 Å². The van der Waals surface area contributed by atoms with E-state index in [1.165, 1.54) is 0 Å². The molecular weight excluding hydrogens is 254 g/mol. The molecule has 6 nitrogen and oxygen atoms in total. The number of aryl methyl sites for hydroxylation is 2. The fourth-order valence-electron chi connectivity index (χ4n) is 2.14. The monoisotopic (exact) mass is 275 g/mol. The maximum Gasteiger partial charge on any atom is 0.162 e. The van der Waals surface area contributed by atoms with Crippen molar-refractivity contribution in [2.24, 2.45) is 0 Å². The third-order valence-corrected chi connectivity index (χ3v) is 3.11. The van der Waals surface area contributed by atoms with Crippen molar-refractivity contribution in [2.75, 3.05) is 13.7 Å². The number of ether oxygens (including phenoxy) is 1. The first kappa shape index (κ1) is 14.5. The lowest BCUT2D eigenvalue weighted by atomic mass is 10.1. The van der Waals surface area contributed by atoms with Crippen LogP contribution >= 0.6 is 0 Å². The molecule has 0 bridgehead atoms. The quantitative estimate of drug-likeness (QED) is 0.869. The van der Waals surface area contributed by atoms with Gasteiger partial charge >= 0.3 is 0 Å². The summed E-state index contributed by atoms with van der Waals surface area (Å²) in [5.41, 5.74) is 2.00. The fraction of sp³-hybridized carbons (Fsp3) is 0.500. The van der Waals surface area contributed by atoms with E-state index in [0.717, 1.165) is 35.9 Å². The van der Waals surface area contributed by atoms with Gasteiger partial charge < -0.3 is 10.1 Å². The summed E-state index contributed by atoms with van der Waals surface area (Å²) in [6, 6.07) is -0.127. The third-order valence-electron chi connectivity index (χ3n) is 3.11. The van der Waals surface area contributed by atoms with Crippen LogP contribution in [0.1, 0.15) is 37.0 Å². The first-order valence-corrected chi connectivity index (χ1v) is 6.82. The fourth-order valence-corrected chi connectivity index (χ4v) is 2.14. The van der Waals surface area contributed by atoms with E-state index in [1.54, 1.807) is 13.3 Å². The van der Waals surface area contributed by atoms with Gasteiger partial charge in [0.25, 0.3) is 0 Å². The first-order valence-electron chi connectivity index (χ1n) is 6.82. The van der Waals surface area contributed by atoms with Gasteiger partial charge in [0.2, 0.25) is 0 Å². The topological polar surface area (TPSA) is 64.9 Å². The molecule has 0 fully saturated rings. The number of hydrogen-bond donors (Lipinski definition) is 1. The number of nitrogens with one attached hydrogen (secondary N) is 1. The number of methoxy groups -OCH3 is 1. The molecule has 0 saturated heterocycles. The van der Waals surface area contributed by atoms with Crippen LogP contribution in [0.2, 0.25) is 0 Å². The second kappa shape index (κ2) is 6.47. The molecule has 1 N–H and O–H groups in total. The summed E-state index contributed by atoms with van der Waals surface area (Å²) in [5, 5.41) is 7.75. The predicted molar refractivity (Wildman–Crippen MR) is 76.7 cm³/mol. The van der Waals surface area contributed by atoms with Crippen LogP contribution in [0.3, 0.4) is 0 Å². The van der Waals surface area contributed by atoms with Crippen LogP contribution < -0.4 is 10.1 Å². The first-order chi connectivity index (χ1) is 9.71. The molecular formula is C14H21N5O. The second-order valence-corrected chi connectivity index (χ2v) is 4.52. The highest BCUT2D eigenvalue weighted by atomic mass is 16.5. The minimum absolute atomic E-state index is 0.127. The molecule has 2 aromatic heterocycles. The molecule has 2 rings (SSSR count).